The first kappa shape index (κ1) is 26.9. The quantitative estimate of drug-likeness (QED) is 0.183. The minimum atomic E-state index is -0.833. The molecule has 0 heterocycles. The number of rotatable bonds is 16. The molecule has 0 bridgehead atoms. The summed E-state index contributed by atoms with van der Waals surface area (Å²) in [6, 6.07) is 0. The van der Waals surface area contributed by atoms with E-state index in [1.54, 1.807) is 0 Å². The Balaban J connectivity index is 0. The Bertz CT molecular complexity index is 333. The predicted molar refractivity (Wildman–Crippen MR) is 109 cm³/mol. The third-order valence-corrected chi connectivity index (χ3v) is 4.13. The number of hydrogen-bond donors (Lipinski definition) is 1. The van der Waals surface area contributed by atoms with Gasteiger partial charge in [-0.25, -0.2) is 0 Å². The summed E-state index contributed by atoms with van der Waals surface area (Å²) >= 11 is 0. The fourth-order valence-corrected chi connectivity index (χ4v) is 2.74. The number of esters is 1. The van der Waals surface area contributed by atoms with Crippen molar-refractivity contribution in [1.82, 2.24) is 0 Å². The van der Waals surface area contributed by atoms with Crippen LogP contribution in [0.15, 0.2) is 12.8 Å². The van der Waals surface area contributed by atoms with E-state index in [0.29, 0.717) is 6.42 Å². The molecule has 0 aromatic carbocycles. The van der Waals surface area contributed by atoms with Crippen LogP contribution < -0.4 is 0 Å². The summed E-state index contributed by atoms with van der Waals surface area (Å²) in [5.74, 6) is -0.115. The number of carboxylic acid groups (broad SMARTS) is 1. The van der Waals surface area contributed by atoms with Gasteiger partial charge in [0.05, 0.1) is 6.26 Å². The average Bonchev–Trinajstić information content (AvgIpc) is 2.54. The Hall–Kier alpha value is -1.32. The van der Waals surface area contributed by atoms with Gasteiger partial charge < -0.3 is 9.84 Å². The molecule has 0 fully saturated rings. The van der Waals surface area contributed by atoms with Gasteiger partial charge in [0, 0.05) is 13.3 Å². The predicted octanol–water partition coefficient (Wildman–Crippen LogP) is 6.88. The van der Waals surface area contributed by atoms with Crippen LogP contribution in [0.2, 0.25) is 0 Å². The summed E-state index contributed by atoms with van der Waals surface area (Å²) < 4.78 is 4.69. The maximum Gasteiger partial charge on any atom is 0.310 e. The van der Waals surface area contributed by atoms with E-state index in [1.165, 1.54) is 76.9 Å². The summed E-state index contributed by atoms with van der Waals surface area (Å²) in [6.45, 7) is 9.09. The lowest BCUT2D eigenvalue weighted by atomic mass is 10.0. The van der Waals surface area contributed by atoms with Gasteiger partial charge in [-0.1, -0.05) is 97.5 Å². The Morgan fingerprint density at radius 2 is 1.19 bits per heavy atom. The Kier molecular flexibility index (Phi) is 22.5. The van der Waals surface area contributed by atoms with E-state index >= 15 is 0 Å². The van der Waals surface area contributed by atoms with Crippen LogP contribution in [0.1, 0.15) is 111 Å². The van der Waals surface area contributed by atoms with Crippen molar-refractivity contribution in [1.29, 1.82) is 0 Å². The number of carbonyl (C=O) groups is 2. The van der Waals surface area contributed by atoms with Crippen LogP contribution in [0, 0.1) is 5.92 Å². The van der Waals surface area contributed by atoms with Crippen molar-refractivity contribution >= 4 is 11.9 Å². The number of hydrogen-bond acceptors (Lipinski definition) is 3. The maximum absolute atomic E-state index is 11.1. The third kappa shape index (κ3) is 30.5. The topological polar surface area (TPSA) is 63.6 Å². The van der Waals surface area contributed by atoms with E-state index in [1.807, 2.05) is 0 Å². The molecule has 0 radical (unpaired) electrons. The molecule has 0 saturated heterocycles. The van der Waals surface area contributed by atoms with E-state index in [9.17, 15) is 4.79 Å². The molecule has 26 heavy (non-hydrogen) atoms. The summed E-state index contributed by atoms with van der Waals surface area (Å²) in [7, 11) is 0. The van der Waals surface area contributed by atoms with Crippen LogP contribution in [-0.2, 0) is 14.3 Å². The lowest BCUT2D eigenvalue weighted by molar-refractivity contribution is -0.138. The van der Waals surface area contributed by atoms with E-state index in [2.05, 4.69) is 25.2 Å². The highest BCUT2D eigenvalue weighted by Gasteiger charge is 2.00. The number of carbonyl (C=O) groups excluding carboxylic acids is 1. The van der Waals surface area contributed by atoms with Gasteiger partial charge >= 0.3 is 5.97 Å². The van der Waals surface area contributed by atoms with E-state index < -0.39 is 5.97 Å². The van der Waals surface area contributed by atoms with Crippen molar-refractivity contribution in [2.75, 3.05) is 0 Å². The van der Waals surface area contributed by atoms with Gasteiger partial charge in [0.25, 0.3) is 5.97 Å². The van der Waals surface area contributed by atoms with Crippen LogP contribution >= 0.6 is 0 Å². The number of unbranched alkanes of at least 4 members (excludes halogenated alkanes) is 11. The second-order valence-electron chi connectivity index (χ2n) is 7.35. The van der Waals surface area contributed by atoms with Crippen molar-refractivity contribution in [3.05, 3.63) is 12.8 Å². The fourth-order valence-electron chi connectivity index (χ4n) is 2.74. The van der Waals surface area contributed by atoms with Crippen LogP contribution in [0.25, 0.3) is 0 Å². The van der Waals surface area contributed by atoms with Crippen molar-refractivity contribution in [3.63, 3.8) is 0 Å². The van der Waals surface area contributed by atoms with E-state index in [0.717, 1.165) is 25.7 Å². The first-order valence-corrected chi connectivity index (χ1v) is 10.4. The molecular weight excluding hydrogens is 328 g/mol. The van der Waals surface area contributed by atoms with Crippen molar-refractivity contribution < 1.29 is 19.4 Å². The Morgan fingerprint density at radius 3 is 1.54 bits per heavy atom. The zero-order valence-electron chi connectivity index (χ0n) is 17.4. The lowest BCUT2D eigenvalue weighted by Gasteiger charge is -2.05. The molecule has 0 aliphatic rings. The summed E-state index contributed by atoms with van der Waals surface area (Å²) in [5.41, 5.74) is 0. The van der Waals surface area contributed by atoms with Gasteiger partial charge in [-0.3, -0.25) is 9.59 Å². The molecule has 0 aliphatic carbocycles. The van der Waals surface area contributed by atoms with Crippen LogP contribution in [0.5, 0.6) is 0 Å². The molecule has 0 rings (SSSR count). The van der Waals surface area contributed by atoms with Gasteiger partial charge in [0.1, 0.15) is 0 Å². The molecule has 0 unspecified atom stereocenters. The zero-order chi connectivity index (χ0) is 20.0. The fraction of sp³-hybridized carbons (Fsp3) is 0.818. The van der Waals surface area contributed by atoms with Crippen molar-refractivity contribution in [2.45, 2.75) is 111 Å². The molecule has 1 N–H and O–H groups in total. The Morgan fingerprint density at radius 1 is 0.846 bits per heavy atom. The molecule has 154 valence electrons. The molecule has 0 saturated carbocycles. The smallest absolute Gasteiger partial charge is 0.310 e. The van der Waals surface area contributed by atoms with Gasteiger partial charge in [0.2, 0.25) is 0 Å². The normalized spacial score (nSPS) is 10.2. The maximum atomic E-state index is 11.1. The number of carboxylic acids is 1. The highest BCUT2D eigenvalue weighted by atomic mass is 16.5. The first-order chi connectivity index (χ1) is 12.4. The molecule has 4 nitrogen and oxygen atoms in total. The van der Waals surface area contributed by atoms with Crippen LogP contribution in [-0.4, -0.2) is 17.0 Å². The first-order valence-electron chi connectivity index (χ1n) is 10.4. The van der Waals surface area contributed by atoms with E-state index in [-0.39, 0.29) is 5.97 Å². The minimum absolute atomic E-state index is 0.150. The van der Waals surface area contributed by atoms with Gasteiger partial charge in [-0.15, -0.1) is 0 Å². The molecular formula is C22H42O4. The Labute approximate surface area is 161 Å². The third-order valence-electron chi connectivity index (χ3n) is 4.13. The highest BCUT2D eigenvalue weighted by molar-refractivity contribution is 5.69. The number of ether oxygens (including phenoxy) is 1. The summed E-state index contributed by atoms with van der Waals surface area (Å²) in [6.07, 6.45) is 19.0. The SMILES string of the molecule is C=COC(=O)CCCCCCCCCCCCCCC(C)C.CC(=O)O. The lowest BCUT2D eigenvalue weighted by Crippen LogP contribution is -1.98. The molecule has 0 atom stereocenters. The van der Waals surface area contributed by atoms with Gasteiger partial charge in [-0.2, -0.15) is 0 Å². The molecule has 4 heteroatoms. The standard InChI is InChI=1S/C20H38O2.C2H4O2/c1-4-22-20(21)18-16-14-12-10-8-6-5-7-9-11-13-15-17-19(2)3;1-2(3)4/h4,19H,1,5-18H2,2-3H3;1H3,(H,3,4). The zero-order valence-corrected chi connectivity index (χ0v) is 17.4. The van der Waals surface area contributed by atoms with Crippen molar-refractivity contribution in [2.24, 2.45) is 5.92 Å². The van der Waals surface area contributed by atoms with E-state index in [4.69, 9.17) is 9.90 Å². The largest absolute Gasteiger partial charge is 0.481 e. The molecule has 0 aliphatic heterocycles. The summed E-state index contributed by atoms with van der Waals surface area (Å²) in [5, 5.41) is 7.42. The summed E-state index contributed by atoms with van der Waals surface area (Å²) in [4.78, 5) is 20.1. The van der Waals surface area contributed by atoms with Crippen molar-refractivity contribution in [3.8, 4) is 0 Å². The number of aliphatic carboxylic acids is 1. The molecule has 0 spiro atoms. The van der Waals surface area contributed by atoms with Crippen LogP contribution in [0.4, 0.5) is 0 Å². The highest BCUT2D eigenvalue weighted by Crippen LogP contribution is 2.14. The second kappa shape index (κ2) is 21.7. The van der Waals surface area contributed by atoms with Gasteiger partial charge in [-0.05, 0) is 12.3 Å². The molecule has 0 amide bonds. The monoisotopic (exact) mass is 370 g/mol. The minimum Gasteiger partial charge on any atom is -0.481 e. The molecule has 0 aromatic heterocycles. The second-order valence-corrected chi connectivity index (χ2v) is 7.35. The molecule has 0 aromatic rings. The van der Waals surface area contributed by atoms with Crippen LogP contribution in [0.3, 0.4) is 0 Å². The van der Waals surface area contributed by atoms with Gasteiger partial charge in [0.15, 0.2) is 0 Å². The average molecular weight is 371 g/mol.